The molecule has 0 spiro atoms. The molecule has 186 valence electrons. The van der Waals surface area contributed by atoms with Crippen molar-refractivity contribution in [3.63, 3.8) is 0 Å². The molecule has 0 radical (unpaired) electrons. The number of fused-ring (bicyclic) bond motifs is 2. The van der Waals surface area contributed by atoms with E-state index in [-0.39, 0.29) is 13.1 Å². The standard InChI is InChI=1S/C24H26F7N3/c1-3-5-7-9-11-34(12-10-8-6-4-2)24-18(30)17(29)22-23(19(24)31)33-21-16(28)14(26)13(25)15(27)20(21)32-22/h3-12H2,1-2H3. The van der Waals surface area contributed by atoms with Crippen molar-refractivity contribution in [2.24, 2.45) is 0 Å². The fourth-order valence-electron chi connectivity index (χ4n) is 3.94. The Kier molecular flexibility index (Phi) is 8.54. The van der Waals surface area contributed by atoms with Crippen molar-refractivity contribution >= 4 is 27.8 Å². The van der Waals surface area contributed by atoms with Gasteiger partial charge in [-0.1, -0.05) is 52.4 Å². The fourth-order valence-corrected chi connectivity index (χ4v) is 3.94. The van der Waals surface area contributed by atoms with Gasteiger partial charge in [-0.05, 0) is 12.8 Å². The van der Waals surface area contributed by atoms with Gasteiger partial charge in [0.05, 0.1) is 0 Å². The van der Waals surface area contributed by atoms with E-state index >= 15 is 8.78 Å². The van der Waals surface area contributed by atoms with Crippen LogP contribution in [0.1, 0.15) is 65.2 Å². The third-order valence-corrected chi connectivity index (χ3v) is 5.79. The Balaban J connectivity index is 2.17. The minimum Gasteiger partial charge on any atom is -0.367 e. The minimum atomic E-state index is -2.18. The van der Waals surface area contributed by atoms with Crippen LogP contribution in [0.5, 0.6) is 0 Å². The van der Waals surface area contributed by atoms with Crippen molar-refractivity contribution in [3.8, 4) is 0 Å². The monoisotopic (exact) mass is 489 g/mol. The highest BCUT2D eigenvalue weighted by Gasteiger charge is 2.29. The van der Waals surface area contributed by atoms with Crippen molar-refractivity contribution in [1.29, 1.82) is 0 Å². The van der Waals surface area contributed by atoms with E-state index in [9.17, 15) is 22.0 Å². The maximum absolute atomic E-state index is 15.5. The van der Waals surface area contributed by atoms with Gasteiger partial charge >= 0.3 is 0 Å². The average Bonchev–Trinajstić information content (AvgIpc) is 2.84. The van der Waals surface area contributed by atoms with E-state index in [1.165, 1.54) is 4.90 Å². The SMILES string of the molecule is CCCCCCN(CCCCCC)c1c(F)c(F)c2nc3c(F)c(F)c(F)c(F)c3nc2c1F. The smallest absolute Gasteiger partial charge is 0.199 e. The van der Waals surface area contributed by atoms with Gasteiger partial charge in [0.15, 0.2) is 40.7 Å². The third-order valence-electron chi connectivity index (χ3n) is 5.79. The second-order valence-electron chi connectivity index (χ2n) is 8.27. The van der Waals surface area contributed by atoms with Gasteiger partial charge in [-0.25, -0.2) is 40.7 Å². The topological polar surface area (TPSA) is 29.0 Å². The van der Waals surface area contributed by atoms with Crippen LogP contribution in [-0.4, -0.2) is 23.1 Å². The Bertz CT molecular complexity index is 1170. The second kappa shape index (κ2) is 11.2. The highest BCUT2D eigenvalue weighted by Crippen LogP contribution is 2.35. The number of hydrogen-bond acceptors (Lipinski definition) is 3. The van der Waals surface area contributed by atoms with Gasteiger partial charge in [0.2, 0.25) is 0 Å². The Labute approximate surface area is 193 Å². The normalized spacial score (nSPS) is 11.7. The van der Waals surface area contributed by atoms with Gasteiger partial charge in [-0.3, -0.25) is 0 Å². The summed E-state index contributed by atoms with van der Waals surface area (Å²) in [4.78, 5) is 8.27. The Hall–Kier alpha value is -2.65. The molecule has 10 heteroatoms. The third kappa shape index (κ3) is 4.90. The van der Waals surface area contributed by atoms with Crippen LogP contribution in [0.2, 0.25) is 0 Å². The highest BCUT2D eigenvalue weighted by atomic mass is 19.2. The fraction of sp³-hybridized carbons (Fsp3) is 0.500. The molecule has 0 amide bonds. The highest BCUT2D eigenvalue weighted by molar-refractivity contribution is 5.90. The zero-order valence-electron chi connectivity index (χ0n) is 19.1. The van der Waals surface area contributed by atoms with Crippen LogP contribution in [0.15, 0.2) is 0 Å². The summed E-state index contributed by atoms with van der Waals surface area (Å²) >= 11 is 0. The number of unbranched alkanes of at least 4 members (excludes halogenated alkanes) is 6. The van der Waals surface area contributed by atoms with Gasteiger partial charge in [-0.2, -0.15) is 0 Å². The van der Waals surface area contributed by atoms with Crippen LogP contribution in [0.3, 0.4) is 0 Å². The number of rotatable bonds is 11. The van der Waals surface area contributed by atoms with Crippen LogP contribution in [-0.2, 0) is 0 Å². The first-order valence-corrected chi connectivity index (χ1v) is 11.5. The summed E-state index contributed by atoms with van der Waals surface area (Å²) in [6, 6.07) is 0. The van der Waals surface area contributed by atoms with Crippen molar-refractivity contribution in [2.45, 2.75) is 65.2 Å². The number of nitrogens with zero attached hydrogens (tertiary/aromatic N) is 3. The van der Waals surface area contributed by atoms with Crippen molar-refractivity contribution in [1.82, 2.24) is 9.97 Å². The minimum absolute atomic E-state index is 0.245. The first kappa shape index (κ1) is 26.0. The molecule has 2 aromatic carbocycles. The van der Waals surface area contributed by atoms with Gasteiger partial charge in [0, 0.05) is 13.1 Å². The predicted molar refractivity (Wildman–Crippen MR) is 117 cm³/mol. The van der Waals surface area contributed by atoms with Crippen LogP contribution in [0.4, 0.5) is 36.4 Å². The predicted octanol–water partition coefficient (Wildman–Crippen LogP) is 7.72. The van der Waals surface area contributed by atoms with E-state index in [2.05, 4.69) is 9.97 Å². The number of hydrogen-bond donors (Lipinski definition) is 0. The molecule has 1 heterocycles. The number of aromatic nitrogens is 2. The Morgan fingerprint density at radius 2 is 0.853 bits per heavy atom. The molecule has 0 aliphatic rings. The molecule has 0 saturated carbocycles. The van der Waals surface area contributed by atoms with Crippen LogP contribution in [0.25, 0.3) is 22.1 Å². The van der Waals surface area contributed by atoms with Gasteiger partial charge in [0.25, 0.3) is 0 Å². The van der Waals surface area contributed by atoms with Crippen molar-refractivity contribution < 1.29 is 30.7 Å². The Morgan fingerprint density at radius 3 is 1.26 bits per heavy atom. The maximum Gasteiger partial charge on any atom is 0.199 e. The lowest BCUT2D eigenvalue weighted by molar-refractivity contribution is 0.416. The lowest BCUT2D eigenvalue weighted by Crippen LogP contribution is -2.28. The molecule has 0 atom stereocenters. The van der Waals surface area contributed by atoms with Crippen molar-refractivity contribution in [3.05, 3.63) is 40.7 Å². The largest absolute Gasteiger partial charge is 0.367 e. The summed E-state index contributed by atoms with van der Waals surface area (Å²) in [5.41, 5.74) is -4.89. The molecule has 3 rings (SSSR count). The quantitative estimate of drug-likeness (QED) is 0.0908. The maximum atomic E-state index is 15.5. The van der Waals surface area contributed by atoms with Crippen molar-refractivity contribution in [2.75, 3.05) is 18.0 Å². The average molecular weight is 489 g/mol. The molecule has 0 aliphatic carbocycles. The molecule has 0 unspecified atom stereocenters. The summed E-state index contributed by atoms with van der Waals surface area (Å²) in [6.07, 6.45) is 6.57. The lowest BCUT2D eigenvalue weighted by atomic mass is 10.1. The zero-order chi connectivity index (χ0) is 25.0. The van der Waals surface area contributed by atoms with Gasteiger partial charge < -0.3 is 4.90 Å². The molecular formula is C24H26F7N3. The first-order valence-electron chi connectivity index (χ1n) is 11.5. The number of benzene rings is 2. The van der Waals surface area contributed by atoms with E-state index in [4.69, 9.17) is 0 Å². The molecule has 1 aromatic heterocycles. The van der Waals surface area contributed by atoms with Gasteiger partial charge in [-0.15, -0.1) is 0 Å². The molecular weight excluding hydrogens is 463 g/mol. The van der Waals surface area contributed by atoms with E-state index in [1.807, 2.05) is 13.8 Å². The molecule has 0 N–H and O–H groups in total. The van der Waals surface area contributed by atoms with E-state index < -0.39 is 68.5 Å². The Morgan fingerprint density at radius 1 is 0.471 bits per heavy atom. The molecule has 0 aliphatic heterocycles. The molecule has 0 fully saturated rings. The van der Waals surface area contributed by atoms with Crippen LogP contribution < -0.4 is 4.90 Å². The summed E-state index contributed by atoms with van der Waals surface area (Å²) in [5, 5.41) is 0. The summed E-state index contributed by atoms with van der Waals surface area (Å²) in [5.74, 6) is -12.7. The number of halogens is 7. The molecule has 3 nitrogen and oxygen atoms in total. The van der Waals surface area contributed by atoms with E-state index in [0.717, 1.165) is 38.5 Å². The molecule has 0 saturated heterocycles. The molecule has 3 aromatic rings. The summed E-state index contributed by atoms with van der Waals surface area (Å²) in [6.45, 7) is 4.52. The van der Waals surface area contributed by atoms with Crippen LogP contribution in [0, 0.1) is 40.7 Å². The van der Waals surface area contributed by atoms with Crippen LogP contribution >= 0.6 is 0 Å². The molecule has 0 bridgehead atoms. The first-order chi connectivity index (χ1) is 16.2. The molecule has 34 heavy (non-hydrogen) atoms. The lowest BCUT2D eigenvalue weighted by Gasteiger charge is -2.26. The summed E-state index contributed by atoms with van der Waals surface area (Å²) < 4.78 is 101. The summed E-state index contributed by atoms with van der Waals surface area (Å²) in [7, 11) is 0. The van der Waals surface area contributed by atoms with E-state index in [0.29, 0.717) is 12.8 Å². The second-order valence-corrected chi connectivity index (χ2v) is 8.27. The number of anilines is 1. The van der Waals surface area contributed by atoms with E-state index in [1.54, 1.807) is 0 Å². The van der Waals surface area contributed by atoms with Gasteiger partial charge in [0.1, 0.15) is 27.8 Å². The zero-order valence-corrected chi connectivity index (χ0v) is 19.1.